The lowest BCUT2D eigenvalue weighted by atomic mass is 9.97. The van der Waals surface area contributed by atoms with Crippen molar-refractivity contribution in [2.45, 2.75) is 51.4 Å². The SMILES string of the molecule is CC(C)OC(=O)N1CCC[C@H](NS(C)(=O)=O)[C@@H]1Cn1cc(-c2ccccc2)cn1. The molecule has 1 fully saturated rings. The summed E-state index contributed by atoms with van der Waals surface area (Å²) in [6.07, 6.45) is 5.49. The van der Waals surface area contributed by atoms with Crippen LogP contribution in [0.3, 0.4) is 0 Å². The molecule has 158 valence electrons. The molecule has 2 atom stereocenters. The van der Waals surface area contributed by atoms with Crippen LogP contribution in [0.25, 0.3) is 11.1 Å². The smallest absolute Gasteiger partial charge is 0.410 e. The summed E-state index contributed by atoms with van der Waals surface area (Å²) in [6.45, 7) is 4.48. The number of rotatable bonds is 6. The van der Waals surface area contributed by atoms with Crippen molar-refractivity contribution in [1.29, 1.82) is 0 Å². The molecule has 2 heterocycles. The third-order valence-corrected chi connectivity index (χ3v) is 5.56. The van der Waals surface area contributed by atoms with Crippen LogP contribution in [0.1, 0.15) is 26.7 Å². The van der Waals surface area contributed by atoms with E-state index in [1.807, 2.05) is 36.5 Å². The molecule has 1 amide bonds. The monoisotopic (exact) mass is 420 g/mol. The van der Waals surface area contributed by atoms with Gasteiger partial charge in [-0.2, -0.15) is 5.10 Å². The first-order valence-electron chi connectivity index (χ1n) is 9.75. The van der Waals surface area contributed by atoms with Crippen molar-refractivity contribution < 1.29 is 17.9 Å². The second-order valence-electron chi connectivity index (χ2n) is 7.65. The summed E-state index contributed by atoms with van der Waals surface area (Å²) < 4.78 is 33.6. The molecule has 29 heavy (non-hydrogen) atoms. The number of nitrogens with one attached hydrogen (secondary N) is 1. The van der Waals surface area contributed by atoms with Crippen LogP contribution >= 0.6 is 0 Å². The number of ether oxygens (including phenoxy) is 1. The van der Waals surface area contributed by atoms with Crippen LogP contribution in [0.2, 0.25) is 0 Å². The average molecular weight is 421 g/mol. The van der Waals surface area contributed by atoms with E-state index < -0.39 is 28.2 Å². The molecular formula is C20H28N4O4S. The third kappa shape index (κ3) is 5.80. The third-order valence-electron chi connectivity index (χ3n) is 4.83. The maximum atomic E-state index is 12.6. The largest absolute Gasteiger partial charge is 0.447 e. The molecule has 1 aromatic carbocycles. The molecule has 1 N–H and O–H groups in total. The van der Waals surface area contributed by atoms with Gasteiger partial charge in [-0.25, -0.2) is 17.9 Å². The summed E-state index contributed by atoms with van der Waals surface area (Å²) in [5.74, 6) is 0. The summed E-state index contributed by atoms with van der Waals surface area (Å²) in [5, 5.41) is 4.43. The summed E-state index contributed by atoms with van der Waals surface area (Å²) >= 11 is 0. The van der Waals surface area contributed by atoms with Gasteiger partial charge in [-0.15, -0.1) is 0 Å². The predicted octanol–water partition coefficient (Wildman–Crippen LogP) is 2.48. The van der Waals surface area contributed by atoms with Crippen LogP contribution in [0, 0.1) is 0 Å². The Kier molecular flexibility index (Phi) is 6.59. The normalized spacial score (nSPS) is 20.1. The standard InChI is InChI=1S/C20H28N4O4S/c1-15(2)28-20(25)24-11-7-10-18(22-29(3,26)27)19(24)14-23-13-17(12-21-23)16-8-5-4-6-9-16/h4-6,8-9,12-13,15,18-19,22H,7,10-11,14H2,1-3H3/t18-,19-/m0/s1. The van der Waals surface area contributed by atoms with Gasteiger partial charge < -0.3 is 9.64 Å². The number of piperidine rings is 1. The lowest BCUT2D eigenvalue weighted by molar-refractivity contribution is 0.0410. The minimum Gasteiger partial charge on any atom is -0.447 e. The van der Waals surface area contributed by atoms with E-state index in [0.717, 1.165) is 17.4 Å². The van der Waals surface area contributed by atoms with Gasteiger partial charge in [-0.1, -0.05) is 30.3 Å². The van der Waals surface area contributed by atoms with E-state index in [2.05, 4.69) is 9.82 Å². The van der Waals surface area contributed by atoms with Crippen molar-refractivity contribution in [3.8, 4) is 11.1 Å². The molecular weight excluding hydrogens is 392 g/mol. The summed E-state index contributed by atoms with van der Waals surface area (Å²) in [5.41, 5.74) is 2.01. The summed E-state index contributed by atoms with van der Waals surface area (Å²) in [4.78, 5) is 14.3. The molecule has 0 saturated carbocycles. The maximum absolute atomic E-state index is 12.6. The Morgan fingerprint density at radius 1 is 1.28 bits per heavy atom. The van der Waals surface area contributed by atoms with Gasteiger partial charge in [-0.3, -0.25) is 4.68 Å². The van der Waals surface area contributed by atoms with Gasteiger partial charge in [-0.05, 0) is 32.3 Å². The quantitative estimate of drug-likeness (QED) is 0.775. The molecule has 1 saturated heterocycles. The Balaban J connectivity index is 1.84. The van der Waals surface area contributed by atoms with Crippen molar-refractivity contribution in [3.05, 3.63) is 42.7 Å². The topological polar surface area (TPSA) is 93.5 Å². The summed E-state index contributed by atoms with van der Waals surface area (Å²) in [7, 11) is -3.42. The lowest BCUT2D eigenvalue weighted by Crippen LogP contribution is -2.58. The highest BCUT2D eigenvalue weighted by Gasteiger charge is 2.37. The number of hydrogen-bond donors (Lipinski definition) is 1. The fraction of sp³-hybridized carbons (Fsp3) is 0.500. The lowest BCUT2D eigenvalue weighted by Gasteiger charge is -2.40. The number of aromatic nitrogens is 2. The highest BCUT2D eigenvalue weighted by Crippen LogP contribution is 2.23. The minimum atomic E-state index is -3.42. The molecule has 1 aliphatic rings. The van der Waals surface area contributed by atoms with Crippen molar-refractivity contribution in [2.24, 2.45) is 0 Å². The van der Waals surface area contributed by atoms with E-state index in [9.17, 15) is 13.2 Å². The van der Waals surface area contributed by atoms with Crippen molar-refractivity contribution in [2.75, 3.05) is 12.8 Å². The molecule has 2 aromatic rings. The zero-order valence-corrected chi connectivity index (χ0v) is 17.8. The molecule has 0 bridgehead atoms. The average Bonchev–Trinajstić information content (AvgIpc) is 3.10. The Morgan fingerprint density at radius 3 is 2.66 bits per heavy atom. The van der Waals surface area contributed by atoms with Gasteiger partial charge in [0.15, 0.2) is 0 Å². The highest BCUT2D eigenvalue weighted by atomic mass is 32.2. The maximum Gasteiger partial charge on any atom is 0.410 e. The zero-order valence-electron chi connectivity index (χ0n) is 17.0. The van der Waals surface area contributed by atoms with Gasteiger partial charge in [0.25, 0.3) is 0 Å². The minimum absolute atomic E-state index is 0.249. The number of likely N-dealkylation sites (tertiary alicyclic amines) is 1. The van der Waals surface area contributed by atoms with Gasteiger partial charge in [0, 0.05) is 24.3 Å². The highest BCUT2D eigenvalue weighted by molar-refractivity contribution is 7.88. The van der Waals surface area contributed by atoms with Gasteiger partial charge in [0.05, 0.1) is 31.1 Å². The van der Waals surface area contributed by atoms with Gasteiger partial charge in [0.2, 0.25) is 10.0 Å². The number of hydrogen-bond acceptors (Lipinski definition) is 5. The van der Waals surface area contributed by atoms with Crippen molar-refractivity contribution in [1.82, 2.24) is 19.4 Å². The zero-order chi connectivity index (χ0) is 21.0. The molecule has 1 aromatic heterocycles. The molecule has 0 radical (unpaired) electrons. The second kappa shape index (κ2) is 8.96. The molecule has 0 aliphatic carbocycles. The van der Waals surface area contributed by atoms with E-state index >= 15 is 0 Å². The van der Waals surface area contributed by atoms with E-state index in [-0.39, 0.29) is 6.10 Å². The molecule has 0 spiro atoms. The van der Waals surface area contributed by atoms with E-state index in [1.54, 1.807) is 29.6 Å². The van der Waals surface area contributed by atoms with Crippen LogP contribution in [-0.4, -0.2) is 60.2 Å². The van der Waals surface area contributed by atoms with E-state index in [0.29, 0.717) is 25.9 Å². The van der Waals surface area contributed by atoms with Crippen LogP contribution in [0.4, 0.5) is 4.79 Å². The fourth-order valence-corrected chi connectivity index (χ4v) is 4.45. The Labute approximate surface area is 171 Å². The molecule has 1 aliphatic heterocycles. The number of amides is 1. The van der Waals surface area contributed by atoms with E-state index in [4.69, 9.17) is 4.74 Å². The van der Waals surface area contributed by atoms with Crippen molar-refractivity contribution >= 4 is 16.1 Å². The number of benzene rings is 1. The first-order valence-corrected chi connectivity index (χ1v) is 11.6. The second-order valence-corrected chi connectivity index (χ2v) is 9.43. The van der Waals surface area contributed by atoms with Crippen molar-refractivity contribution in [3.63, 3.8) is 0 Å². The van der Waals surface area contributed by atoms with Crippen LogP contribution in [-0.2, 0) is 21.3 Å². The molecule has 9 heteroatoms. The Hall–Kier alpha value is -2.39. The first-order chi connectivity index (χ1) is 13.7. The molecule has 0 unspecified atom stereocenters. The Morgan fingerprint density at radius 2 is 2.00 bits per heavy atom. The first kappa shape index (κ1) is 21.3. The fourth-order valence-electron chi connectivity index (χ4n) is 3.63. The van der Waals surface area contributed by atoms with Gasteiger partial charge in [0.1, 0.15) is 0 Å². The van der Waals surface area contributed by atoms with Crippen LogP contribution < -0.4 is 4.72 Å². The van der Waals surface area contributed by atoms with Gasteiger partial charge >= 0.3 is 6.09 Å². The Bertz CT molecular complexity index is 927. The molecule has 8 nitrogen and oxygen atoms in total. The number of carbonyl (C=O) groups excluding carboxylic acids is 1. The number of carbonyl (C=O) groups is 1. The molecule has 3 rings (SSSR count). The van der Waals surface area contributed by atoms with Crippen LogP contribution in [0.15, 0.2) is 42.7 Å². The summed E-state index contributed by atoms with van der Waals surface area (Å²) in [6, 6.07) is 9.09. The predicted molar refractivity (Wildman–Crippen MR) is 111 cm³/mol. The van der Waals surface area contributed by atoms with E-state index in [1.165, 1.54) is 0 Å². The number of nitrogens with zero attached hydrogens (tertiary/aromatic N) is 3. The van der Waals surface area contributed by atoms with Crippen LogP contribution in [0.5, 0.6) is 0 Å². The number of sulfonamides is 1.